The van der Waals surface area contributed by atoms with Crippen LogP contribution in [0, 0.1) is 0 Å². The van der Waals surface area contributed by atoms with Crippen LogP contribution in [0.4, 0.5) is 4.39 Å². The minimum Gasteiger partial charge on any atom is -0.492 e. The molecule has 2 aromatic rings. The van der Waals surface area contributed by atoms with E-state index in [4.69, 9.17) is 37.4 Å². The Morgan fingerprint density at radius 3 is 2.50 bits per heavy atom. The van der Waals surface area contributed by atoms with E-state index in [0.29, 0.717) is 59.2 Å². The summed E-state index contributed by atoms with van der Waals surface area (Å²) in [4.78, 5) is 4.14. The van der Waals surface area contributed by atoms with Crippen molar-refractivity contribution in [1.29, 1.82) is 0 Å². The average molecular weight is 456 g/mol. The van der Waals surface area contributed by atoms with Crippen LogP contribution in [-0.2, 0) is 12.1 Å². The van der Waals surface area contributed by atoms with Crippen LogP contribution in [0.1, 0.15) is 45.2 Å². The van der Waals surface area contributed by atoms with Gasteiger partial charge < -0.3 is 14.2 Å². The first-order valence-electron chi connectivity index (χ1n) is 9.89. The van der Waals surface area contributed by atoms with Crippen LogP contribution in [0.3, 0.4) is 0 Å². The van der Waals surface area contributed by atoms with Crippen LogP contribution in [0.5, 0.6) is 17.4 Å². The maximum absolute atomic E-state index is 13.9. The molecule has 0 saturated carbocycles. The number of pyridine rings is 1. The number of benzene rings is 1. The molecule has 164 valence electrons. The third-order valence-corrected chi connectivity index (χ3v) is 4.73. The van der Waals surface area contributed by atoms with E-state index in [1.165, 1.54) is 20.0 Å². The fourth-order valence-electron chi connectivity index (χ4n) is 2.61. The van der Waals surface area contributed by atoms with Gasteiger partial charge in [0.25, 0.3) is 0 Å². The lowest BCUT2D eigenvalue weighted by atomic mass is 10.0. The molecule has 7 heteroatoms. The second-order valence-corrected chi connectivity index (χ2v) is 8.26. The van der Waals surface area contributed by atoms with Gasteiger partial charge in [-0.2, -0.15) is 0 Å². The smallest absolute Gasteiger partial charge is 0.213 e. The topological polar surface area (TPSA) is 40.6 Å². The van der Waals surface area contributed by atoms with Crippen molar-refractivity contribution in [2.24, 2.45) is 0 Å². The van der Waals surface area contributed by atoms with Gasteiger partial charge in [-0.1, -0.05) is 30.1 Å². The average Bonchev–Trinajstić information content (AvgIpc) is 2.68. The third kappa shape index (κ3) is 7.69. The number of halogens is 3. The second kappa shape index (κ2) is 11.4. The molecule has 4 nitrogen and oxygen atoms in total. The van der Waals surface area contributed by atoms with E-state index >= 15 is 0 Å². The molecule has 0 amide bonds. The minimum absolute atomic E-state index is 0.379. The van der Waals surface area contributed by atoms with Crippen molar-refractivity contribution >= 4 is 23.2 Å². The number of rotatable bonds is 11. The number of aromatic nitrogens is 1. The minimum atomic E-state index is -1.42. The summed E-state index contributed by atoms with van der Waals surface area (Å²) in [6.07, 6.45) is 4.68. The molecule has 1 aromatic heterocycles. The molecule has 0 radical (unpaired) electrons. The molecule has 0 unspecified atom stereocenters. The Labute approximate surface area is 188 Å². The molecule has 30 heavy (non-hydrogen) atoms. The molecule has 0 N–H and O–H groups in total. The van der Waals surface area contributed by atoms with Gasteiger partial charge in [-0.05, 0) is 51.0 Å². The summed E-state index contributed by atoms with van der Waals surface area (Å²) >= 11 is 12.2. The van der Waals surface area contributed by atoms with Crippen molar-refractivity contribution in [3.8, 4) is 17.4 Å². The molecule has 2 rings (SSSR count). The van der Waals surface area contributed by atoms with Crippen molar-refractivity contribution in [3.05, 3.63) is 57.7 Å². The van der Waals surface area contributed by atoms with Crippen LogP contribution in [-0.4, -0.2) is 24.8 Å². The lowest BCUT2D eigenvalue weighted by Gasteiger charge is -2.15. The zero-order chi connectivity index (χ0) is 22.1. The zero-order valence-corrected chi connectivity index (χ0v) is 19.3. The van der Waals surface area contributed by atoms with E-state index in [2.05, 4.69) is 4.98 Å². The summed E-state index contributed by atoms with van der Waals surface area (Å²) in [5, 5.41) is 1.18. The number of ether oxygens (including phenoxy) is 3. The van der Waals surface area contributed by atoms with Gasteiger partial charge in [-0.25, -0.2) is 9.37 Å². The fourth-order valence-corrected chi connectivity index (χ4v) is 2.96. The summed E-state index contributed by atoms with van der Waals surface area (Å²) < 4.78 is 31.0. The highest BCUT2D eigenvalue weighted by Gasteiger charge is 2.18. The van der Waals surface area contributed by atoms with Crippen molar-refractivity contribution in [2.75, 3.05) is 19.8 Å². The van der Waals surface area contributed by atoms with E-state index in [-0.39, 0.29) is 0 Å². The number of aryl methyl sites for hydroxylation is 1. The Kier molecular flexibility index (Phi) is 9.25. The van der Waals surface area contributed by atoms with E-state index in [1.54, 1.807) is 31.2 Å². The standard InChI is InChI=1S/C23H28Cl2FNO3/c1-5-17-13-19(28-12-9-16(2)24)14-20(25)22(17)30-11-6-10-29-21-8-7-18(15-27-21)23(3,4)26/h7-9,13-15H,5-6,10-12H2,1-4H3/b16-9+. The second-order valence-electron chi connectivity index (χ2n) is 7.26. The molecule has 1 heterocycles. The molecular weight excluding hydrogens is 428 g/mol. The predicted octanol–water partition coefficient (Wildman–Crippen LogP) is 6.87. The number of hydrogen-bond acceptors (Lipinski definition) is 4. The molecule has 0 spiro atoms. The molecule has 0 aliphatic carbocycles. The SMILES string of the molecule is CCc1cc(OC/C=C(\C)Cl)cc(Cl)c1OCCCOc1ccc(C(C)(C)F)cn1. The Hall–Kier alpha value is -1.98. The molecule has 0 saturated heterocycles. The van der Waals surface area contributed by atoms with Gasteiger partial charge in [0.05, 0.1) is 18.2 Å². The first-order valence-corrected chi connectivity index (χ1v) is 10.6. The van der Waals surface area contributed by atoms with Gasteiger partial charge in [0.2, 0.25) is 5.88 Å². The highest BCUT2D eigenvalue weighted by Crippen LogP contribution is 2.34. The van der Waals surface area contributed by atoms with Gasteiger partial charge >= 0.3 is 0 Å². The number of nitrogens with zero attached hydrogens (tertiary/aromatic N) is 1. The maximum Gasteiger partial charge on any atom is 0.213 e. The summed E-state index contributed by atoms with van der Waals surface area (Å²) in [5.41, 5.74) is 0.0629. The predicted molar refractivity (Wildman–Crippen MR) is 120 cm³/mol. The van der Waals surface area contributed by atoms with Crippen molar-refractivity contribution in [2.45, 2.75) is 46.2 Å². The lowest BCUT2D eigenvalue weighted by molar-refractivity contribution is 0.219. The van der Waals surface area contributed by atoms with Crippen LogP contribution in [0.2, 0.25) is 5.02 Å². The van der Waals surface area contributed by atoms with E-state index in [9.17, 15) is 4.39 Å². The van der Waals surface area contributed by atoms with Gasteiger partial charge in [0.1, 0.15) is 23.8 Å². The van der Waals surface area contributed by atoms with Gasteiger partial charge in [0.15, 0.2) is 0 Å². The summed E-state index contributed by atoms with van der Waals surface area (Å²) in [6.45, 7) is 8.06. The first kappa shape index (κ1) is 24.3. The monoisotopic (exact) mass is 455 g/mol. The lowest BCUT2D eigenvalue weighted by Crippen LogP contribution is -2.10. The van der Waals surface area contributed by atoms with Crippen LogP contribution in [0.25, 0.3) is 0 Å². The van der Waals surface area contributed by atoms with Crippen molar-refractivity contribution in [1.82, 2.24) is 4.98 Å². The maximum atomic E-state index is 13.9. The number of hydrogen-bond donors (Lipinski definition) is 0. The first-order chi connectivity index (χ1) is 14.2. The highest BCUT2D eigenvalue weighted by molar-refractivity contribution is 6.32. The quantitative estimate of drug-likeness (QED) is 0.346. The van der Waals surface area contributed by atoms with E-state index in [0.717, 1.165) is 12.0 Å². The Morgan fingerprint density at radius 1 is 1.17 bits per heavy atom. The number of alkyl halides is 1. The summed E-state index contributed by atoms with van der Waals surface area (Å²) in [5.74, 6) is 1.79. The molecule has 0 aliphatic rings. The largest absolute Gasteiger partial charge is 0.492 e. The Bertz CT molecular complexity index is 845. The van der Waals surface area contributed by atoms with Gasteiger partial charge in [0, 0.05) is 35.3 Å². The van der Waals surface area contributed by atoms with Crippen molar-refractivity contribution in [3.63, 3.8) is 0 Å². The van der Waals surface area contributed by atoms with Crippen LogP contribution >= 0.6 is 23.2 Å². The number of allylic oxidation sites excluding steroid dienone is 1. The van der Waals surface area contributed by atoms with Gasteiger partial charge in [-0.15, -0.1) is 0 Å². The zero-order valence-electron chi connectivity index (χ0n) is 17.8. The molecule has 0 atom stereocenters. The molecule has 0 fully saturated rings. The Morgan fingerprint density at radius 2 is 1.90 bits per heavy atom. The molecule has 1 aromatic carbocycles. The highest BCUT2D eigenvalue weighted by atomic mass is 35.5. The molecular formula is C23H28Cl2FNO3. The van der Waals surface area contributed by atoms with Crippen LogP contribution in [0.15, 0.2) is 41.6 Å². The normalized spacial score (nSPS) is 12.0. The summed E-state index contributed by atoms with van der Waals surface area (Å²) in [7, 11) is 0. The third-order valence-electron chi connectivity index (χ3n) is 4.30. The molecule has 0 aliphatic heterocycles. The van der Waals surface area contributed by atoms with Gasteiger partial charge in [-0.3, -0.25) is 0 Å². The summed E-state index contributed by atoms with van der Waals surface area (Å²) in [6, 6.07) is 7.01. The van der Waals surface area contributed by atoms with Crippen molar-refractivity contribution < 1.29 is 18.6 Å². The van der Waals surface area contributed by atoms with E-state index in [1.807, 2.05) is 13.0 Å². The van der Waals surface area contributed by atoms with Crippen LogP contribution < -0.4 is 14.2 Å². The Balaban J connectivity index is 1.84. The van der Waals surface area contributed by atoms with E-state index < -0.39 is 5.67 Å². The fraction of sp³-hybridized carbons (Fsp3) is 0.435. The molecule has 0 bridgehead atoms.